The van der Waals surface area contributed by atoms with Crippen LogP contribution in [-0.2, 0) is 12.8 Å². The Hall–Kier alpha value is -0.380. The maximum absolute atomic E-state index is 5.92. The molecule has 1 fully saturated rings. The van der Waals surface area contributed by atoms with E-state index in [2.05, 4.69) is 18.4 Å². The lowest BCUT2D eigenvalue weighted by Crippen LogP contribution is -2.34. The summed E-state index contributed by atoms with van der Waals surface area (Å²) in [7, 11) is 0. The van der Waals surface area contributed by atoms with Gasteiger partial charge in [0.2, 0.25) is 0 Å². The second-order valence-corrected chi connectivity index (χ2v) is 7.81. The van der Waals surface area contributed by atoms with E-state index in [9.17, 15) is 0 Å². The molecule has 1 unspecified atom stereocenters. The first-order valence-electron chi connectivity index (χ1n) is 8.39. The van der Waals surface area contributed by atoms with Gasteiger partial charge in [-0.3, -0.25) is 11.3 Å². The molecule has 0 radical (unpaired) electrons. The van der Waals surface area contributed by atoms with E-state index < -0.39 is 0 Å². The largest absolute Gasteiger partial charge is 0.271 e. The molecule has 1 aromatic heterocycles. The third-order valence-electron chi connectivity index (χ3n) is 5.44. The standard InChI is InChI=1S/C17H28N2S/c1-2-12-7-9-13(10-8-12)17(19-18)16-11-14-5-3-4-6-15(14)20-16/h11-13,17,19H,2-10,18H2,1H3. The second-order valence-electron chi connectivity index (χ2n) is 6.64. The molecule has 0 spiro atoms. The lowest BCUT2D eigenvalue weighted by molar-refractivity contribution is 0.221. The number of nitrogens with one attached hydrogen (secondary N) is 1. The highest BCUT2D eigenvalue weighted by Crippen LogP contribution is 2.41. The lowest BCUT2D eigenvalue weighted by Gasteiger charge is -2.32. The molecule has 2 aliphatic carbocycles. The first kappa shape index (κ1) is 14.6. The van der Waals surface area contributed by atoms with Crippen LogP contribution in [0.5, 0.6) is 0 Å². The number of fused-ring (bicyclic) bond motifs is 1. The summed E-state index contributed by atoms with van der Waals surface area (Å²) < 4.78 is 0. The zero-order valence-corrected chi connectivity index (χ0v) is 13.5. The van der Waals surface area contributed by atoms with Crippen LogP contribution in [0.4, 0.5) is 0 Å². The van der Waals surface area contributed by atoms with E-state index >= 15 is 0 Å². The van der Waals surface area contributed by atoms with Crippen molar-refractivity contribution in [1.29, 1.82) is 0 Å². The molecule has 20 heavy (non-hydrogen) atoms. The summed E-state index contributed by atoms with van der Waals surface area (Å²) in [6, 6.07) is 2.85. The maximum Gasteiger partial charge on any atom is 0.0581 e. The predicted octanol–water partition coefficient (Wildman–Crippen LogP) is 4.35. The van der Waals surface area contributed by atoms with Crippen LogP contribution in [0.2, 0.25) is 0 Å². The van der Waals surface area contributed by atoms with Gasteiger partial charge in [-0.2, -0.15) is 0 Å². The summed E-state index contributed by atoms with van der Waals surface area (Å²) in [4.78, 5) is 3.13. The smallest absolute Gasteiger partial charge is 0.0581 e. The van der Waals surface area contributed by atoms with Crippen LogP contribution >= 0.6 is 11.3 Å². The molecule has 1 aromatic rings. The van der Waals surface area contributed by atoms with Gasteiger partial charge in [0.25, 0.3) is 0 Å². The summed E-state index contributed by atoms with van der Waals surface area (Å²) in [5.74, 6) is 7.62. The summed E-state index contributed by atoms with van der Waals surface area (Å²) >= 11 is 2.03. The number of nitrogens with two attached hydrogens (primary N) is 1. The van der Waals surface area contributed by atoms with Crippen molar-refractivity contribution in [1.82, 2.24) is 5.43 Å². The van der Waals surface area contributed by atoms with Crippen molar-refractivity contribution in [3.05, 3.63) is 21.4 Å². The van der Waals surface area contributed by atoms with Crippen molar-refractivity contribution >= 4 is 11.3 Å². The number of aryl methyl sites for hydroxylation is 2. The number of thiophene rings is 1. The monoisotopic (exact) mass is 292 g/mol. The molecule has 3 rings (SSSR count). The van der Waals surface area contributed by atoms with Crippen molar-refractivity contribution in [3.8, 4) is 0 Å². The van der Waals surface area contributed by atoms with E-state index in [4.69, 9.17) is 5.84 Å². The summed E-state index contributed by atoms with van der Waals surface area (Å²) in [5.41, 5.74) is 4.75. The van der Waals surface area contributed by atoms with Crippen LogP contribution in [-0.4, -0.2) is 0 Å². The minimum absolute atomic E-state index is 0.392. The van der Waals surface area contributed by atoms with Crippen LogP contribution in [0.25, 0.3) is 0 Å². The second kappa shape index (κ2) is 6.59. The molecule has 0 bridgehead atoms. The fraction of sp³-hybridized carbons (Fsp3) is 0.765. The molecular weight excluding hydrogens is 264 g/mol. The van der Waals surface area contributed by atoms with Gasteiger partial charge in [-0.25, -0.2) is 0 Å². The summed E-state index contributed by atoms with van der Waals surface area (Å²) in [6.45, 7) is 2.33. The van der Waals surface area contributed by atoms with Crippen LogP contribution in [0.15, 0.2) is 6.07 Å². The van der Waals surface area contributed by atoms with Gasteiger partial charge < -0.3 is 0 Å². The number of rotatable bonds is 4. The van der Waals surface area contributed by atoms with Gasteiger partial charge in [-0.1, -0.05) is 26.2 Å². The Bertz CT molecular complexity index is 409. The van der Waals surface area contributed by atoms with Gasteiger partial charge in [-0.05, 0) is 62.0 Å². The Labute approximate surface area is 127 Å². The zero-order valence-electron chi connectivity index (χ0n) is 12.7. The lowest BCUT2D eigenvalue weighted by atomic mass is 9.77. The van der Waals surface area contributed by atoms with Crippen LogP contribution in [0.1, 0.15) is 73.2 Å². The van der Waals surface area contributed by atoms with Crippen molar-refractivity contribution in [3.63, 3.8) is 0 Å². The van der Waals surface area contributed by atoms with Crippen molar-refractivity contribution in [2.24, 2.45) is 17.7 Å². The molecule has 1 heterocycles. The molecule has 0 amide bonds. The molecule has 0 saturated heterocycles. The van der Waals surface area contributed by atoms with Crippen LogP contribution in [0, 0.1) is 11.8 Å². The Morgan fingerprint density at radius 2 is 2.00 bits per heavy atom. The molecular formula is C17H28N2S. The topological polar surface area (TPSA) is 38.0 Å². The molecule has 0 aliphatic heterocycles. The van der Waals surface area contributed by atoms with E-state index in [1.165, 1.54) is 62.7 Å². The Morgan fingerprint density at radius 3 is 2.65 bits per heavy atom. The van der Waals surface area contributed by atoms with Crippen LogP contribution in [0.3, 0.4) is 0 Å². The molecule has 1 saturated carbocycles. The van der Waals surface area contributed by atoms with E-state index in [-0.39, 0.29) is 0 Å². The molecule has 3 heteroatoms. The van der Waals surface area contributed by atoms with Gasteiger partial charge in [0.15, 0.2) is 0 Å². The van der Waals surface area contributed by atoms with Crippen LogP contribution < -0.4 is 11.3 Å². The van der Waals surface area contributed by atoms with E-state index in [1.54, 1.807) is 10.4 Å². The quantitative estimate of drug-likeness (QED) is 0.639. The van der Waals surface area contributed by atoms with Gasteiger partial charge in [-0.15, -0.1) is 11.3 Å². The average Bonchev–Trinajstić information content (AvgIpc) is 2.92. The first-order chi connectivity index (χ1) is 9.81. The highest BCUT2D eigenvalue weighted by molar-refractivity contribution is 7.12. The van der Waals surface area contributed by atoms with E-state index in [1.807, 2.05) is 11.3 Å². The number of hydrogen-bond acceptors (Lipinski definition) is 3. The molecule has 1 atom stereocenters. The molecule has 2 nitrogen and oxygen atoms in total. The molecule has 3 N–H and O–H groups in total. The highest BCUT2D eigenvalue weighted by Gasteiger charge is 2.29. The first-order valence-corrected chi connectivity index (χ1v) is 9.21. The Balaban J connectivity index is 1.71. The molecule has 2 aliphatic rings. The number of hydrazine groups is 1. The van der Waals surface area contributed by atoms with E-state index in [0.717, 1.165) is 11.8 Å². The van der Waals surface area contributed by atoms with Crippen molar-refractivity contribution < 1.29 is 0 Å². The van der Waals surface area contributed by atoms with Crippen molar-refractivity contribution in [2.45, 2.75) is 70.8 Å². The SMILES string of the molecule is CCC1CCC(C(NN)c2cc3c(s2)CCCC3)CC1. The summed E-state index contributed by atoms with van der Waals surface area (Å²) in [6.07, 6.45) is 12.1. The van der Waals surface area contributed by atoms with Crippen molar-refractivity contribution in [2.75, 3.05) is 0 Å². The highest BCUT2D eigenvalue weighted by atomic mass is 32.1. The average molecular weight is 292 g/mol. The Morgan fingerprint density at radius 1 is 1.25 bits per heavy atom. The van der Waals surface area contributed by atoms with E-state index in [0.29, 0.717) is 6.04 Å². The zero-order chi connectivity index (χ0) is 13.9. The maximum atomic E-state index is 5.92. The molecule has 0 aromatic carbocycles. The van der Waals surface area contributed by atoms with Gasteiger partial charge in [0, 0.05) is 9.75 Å². The number of hydrogen-bond donors (Lipinski definition) is 2. The third-order valence-corrected chi connectivity index (χ3v) is 6.76. The fourth-order valence-corrected chi connectivity index (χ4v) is 5.46. The third kappa shape index (κ3) is 2.95. The van der Waals surface area contributed by atoms with Gasteiger partial charge in [0.05, 0.1) is 6.04 Å². The predicted molar refractivity (Wildman–Crippen MR) is 86.8 cm³/mol. The van der Waals surface area contributed by atoms with Gasteiger partial charge >= 0.3 is 0 Å². The summed E-state index contributed by atoms with van der Waals surface area (Å²) in [5, 5.41) is 0. The minimum atomic E-state index is 0.392. The fourth-order valence-electron chi connectivity index (χ4n) is 4.05. The molecule has 112 valence electrons. The van der Waals surface area contributed by atoms with Gasteiger partial charge in [0.1, 0.15) is 0 Å². The normalized spacial score (nSPS) is 28.1. The minimum Gasteiger partial charge on any atom is -0.271 e. The Kier molecular flexibility index (Phi) is 4.79.